The van der Waals surface area contributed by atoms with Crippen molar-refractivity contribution in [2.45, 2.75) is 6.04 Å². The molecule has 2 aromatic carbocycles. The molecule has 2 heterocycles. The third-order valence-electron chi connectivity index (χ3n) is 4.93. The molecule has 7 nitrogen and oxygen atoms in total. The molecule has 0 fully saturated rings. The quantitative estimate of drug-likeness (QED) is 0.595. The lowest BCUT2D eigenvalue weighted by molar-refractivity contribution is 0.305. The number of rotatable bonds is 6. The second-order valence-electron chi connectivity index (χ2n) is 6.98. The van der Waals surface area contributed by atoms with Crippen LogP contribution in [-0.4, -0.2) is 41.3 Å². The Balaban J connectivity index is 1.68. The summed E-state index contributed by atoms with van der Waals surface area (Å²) in [7, 11) is 3.55. The summed E-state index contributed by atoms with van der Waals surface area (Å²) >= 11 is 0. The number of ether oxygens (including phenoxy) is 1. The van der Waals surface area contributed by atoms with Gasteiger partial charge in [-0.25, -0.2) is 0 Å². The number of phenols is 1. The molecule has 0 saturated heterocycles. The number of hydrogen-bond donors (Lipinski definition) is 3. The number of aromatic nitrogens is 1. The molecule has 3 N–H and O–H groups in total. The molecule has 1 atom stereocenters. The van der Waals surface area contributed by atoms with Crippen LogP contribution < -0.4 is 15.0 Å². The second kappa shape index (κ2) is 7.89. The normalized spacial score (nSPS) is 14.9. The van der Waals surface area contributed by atoms with E-state index in [0.717, 1.165) is 28.3 Å². The van der Waals surface area contributed by atoms with E-state index >= 15 is 0 Å². The first-order valence-corrected chi connectivity index (χ1v) is 9.40. The van der Waals surface area contributed by atoms with Crippen LogP contribution in [0, 0.1) is 0 Å². The number of benzene rings is 2. The smallest absolute Gasteiger partial charge is 0.124 e. The summed E-state index contributed by atoms with van der Waals surface area (Å²) in [6, 6.07) is 13.0. The Kier molecular flexibility index (Phi) is 5.14. The SMILES string of the molecule is COc1cc(O)cc(N(CCO)c2ccc3c(c2)NC(c2ccn(C)c2)C=N3)c1. The number of fused-ring (bicyclic) bond motifs is 1. The molecule has 0 amide bonds. The van der Waals surface area contributed by atoms with Crippen molar-refractivity contribution in [3.05, 3.63) is 60.4 Å². The van der Waals surface area contributed by atoms with Crippen molar-refractivity contribution in [2.75, 3.05) is 30.5 Å². The van der Waals surface area contributed by atoms with Crippen molar-refractivity contribution in [2.24, 2.45) is 12.0 Å². The fourth-order valence-electron chi connectivity index (χ4n) is 3.51. The van der Waals surface area contributed by atoms with Gasteiger partial charge in [-0.3, -0.25) is 4.99 Å². The number of nitrogens with one attached hydrogen (secondary N) is 1. The first kappa shape index (κ1) is 18.9. The van der Waals surface area contributed by atoms with Crippen LogP contribution in [0.15, 0.2) is 59.9 Å². The highest BCUT2D eigenvalue weighted by molar-refractivity contribution is 5.86. The summed E-state index contributed by atoms with van der Waals surface area (Å²) in [5.41, 5.74) is 4.51. The van der Waals surface area contributed by atoms with E-state index in [4.69, 9.17) is 4.74 Å². The number of aliphatic hydroxyl groups is 1. The summed E-state index contributed by atoms with van der Waals surface area (Å²) < 4.78 is 7.28. The van der Waals surface area contributed by atoms with Crippen molar-refractivity contribution in [3.63, 3.8) is 0 Å². The first-order chi connectivity index (χ1) is 14.1. The molecule has 1 aliphatic heterocycles. The predicted molar refractivity (Wildman–Crippen MR) is 115 cm³/mol. The maximum Gasteiger partial charge on any atom is 0.124 e. The molecule has 1 aromatic heterocycles. The van der Waals surface area contributed by atoms with Gasteiger partial charge in [0.1, 0.15) is 11.5 Å². The third kappa shape index (κ3) is 3.90. The molecule has 0 bridgehead atoms. The molecule has 4 rings (SSSR count). The Bertz CT molecular complexity index is 1040. The van der Waals surface area contributed by atoms with Gasteiger partial charge in [0.2, 0.25) is 0 Å². The lowest BCUT2D eigenvalue weighted by Crippen LogP contribution is -2.22. The molecular formula is C22H24N4O3. The summed E-state index contributed by atoms with van der Waals surface area (Å²) in [6.45, 7) is 0.337. The van der Waals surface area contributed by atoms with Gasteiger partial charge in [0.25, 0.3) is 0 Å². The Hall–Kier alpha value is -3.45. The van der Waals surface area contributed by atoms with Crippen LogP contribution in [0.1, 0.15) is 11.6 Å². The number of aromatic hydroxyl groups is 1. The van der Waals surface area contributed by atoms with E-state index in [1.807, 2.05) is 53.2 Å². The van der Waals surface area contributed by atoms with Crippen LogP contribution in [-0.2, 0) is 7.05 Å². The van der Waals surface area contributed by atoms with E-state index < -0.39 is 0 Å². The fraction of sp³-hybridized carbons (Fsp3) is 0.227. The highest BCUT2D eigenvalue weighted by Gasteiger charge is 2.19. The Morgan fingerprint density at radius 3 is 2.76 bits per heavy atom. The standard InChI is InChI=1S/C22H24N4O3/c1-25-6-5-15(14-25)22-13-23-20-4-3-16(11-21(20)24-22)26(7-8-27)17-9-18(28)12-19(10-17)29-2/h3-6,9-14,22,24,27-28H,7-8H2,1-2H3. The van der Waals surface area contributed by atoms with Crippen LogP contribution in [0.4, 0.5) is 22.7 Å². The van der Waals surface area contributed by atoms with Crippen LogP contribution in [0.2, 0.25) is 0 Å². The zero-order valence-electron chi connectivity index (χ0n) is 16.4. The average Bonchev–Trinajstić information content (AvgIpc) is 3.17. The number of aryl methyl sites for hydroxylation is 1. The Labute approximate surface area is 169 Å². The largest absolute Gasteiger partial charge is 0.508 e. The maximum absolute atomic E-state index is 10.0. The number of nitrogens with zero attached hydrogens (tertiary/aromatic N) is 3. The molecule has 1 aliphatic rings. The summed E-state index contributed by atoms with van der Waals surface area (Å²) in [5, 5.41) is 23.2. The number of anilines is 3. The van der Waals surface area contributed by atoms with Gasteiger partial charge in [0, 0.05) is 61.8 Å². The van der Waals surface area contributed by atoms with E-state index in [2.05, 4.69) is 22.6 Å². The molecular weight excluding hydrogens is 368 g/mol. The lowest BCUT2D eigenvalue weighted by Gasteiger charge is -2.27. The van der Waals surface area contributed by atoms with Crippen molar-refractivity contribution >= 4 is 29.0 Å². The van der Waals surface area contributed by atoms with Crippen molar-refractivity contribution in [1.29, 1.82) is 0 Å². The lowest BCUT2D eigenvalue weighted by atomic mass is 10.1. The summed E-state index contributed by atoms with van der Waals surface area (Å²) in [5.74, 6) is 0.653. The zero-order chi connectivity index (χ0) is 20.4. The predicted octanol–water partition coefficient (Wildman–Crippen LogP) is 3.74. The fourth-order valence-corrected chi connectivity index (χ4v) is 3.51. The van der Waals surface area contributed by atoms with Gasteiger partial charge in [-0.15, -0.1) is 0 Å². The highest BCUT2D eigenvalue weighted by Crippen LogP contribution is 2.38. The van der Waals surface area contributed by atoms with Crippen molar-refractivity contribution in [3.8, 4) is 11.5 Å². The van der Waals surface area contributed by atoms with Gasteiger partial charge in [0.15, 0.2) is 0 Å². The van der Waals surface area contributed by atoms with Crippen LogP contribution in [0.5, 0.6) is 11.5 Å². The number of aliphatic imine (C=N–C) groups is 1. The number of methoxy groups -OCH3 is 1. The minimum atomic E-state index is -0.0344. The highest BCUT2D eigenvalue weighted by atomic mass is 16.5. The molecule has 1 unspecified atom stereocenters. The molecule has 0 spiro atoms. The molecule has 0 radical (unpaired) electrons. The molecule has 7 heteroatoms. The van der Waals surface area contributed by atoms with Gasteiger partial charge >= 0.3 is 0 Å². The summed E-state index contributed by atoms with van der Waals surface area (Å²) in [4.78, 5) is 6.53. The molecule has 0 aliphatic carbocycles. The van der Waals surface area contributed by atoms with Crippen LogP contribution >= 0.6 is 0 Å². The van der Waals surface area contributed by atoms with Crippen molar-refractivity contribution < 1.29 is 14.9 Å². The summed E-state index contributed by atoms with van der Waals surface area (Å²) in [6.07, 6.45) is 5.98. The van der Waals surface area contributed by atoms with E-state index in [-0.39, 0.29) is 18.4 Å². The molecule has 3 aromatic rings. The Morgan fingerprint density at radius 2 is 2.03 bits per heavy atom. The number of phenolic OH excluding ortho intramolecular Hbond substituents is 1. The maximum atomic E-state index is 10.0. The van der Waals surface area contributed by atoms with Gasteiger partial charge in [-0.05, 0) is 29.8 Å². The third-order valence-corrected chi connectivity index (χ3v) is 4.93. The Morgan fingerprint density at radius 1 is 1.17 bits per heavy atom. The molecule has 0 saturated carbocycles. The number of aliphatic hydroxyl groups excluding tert-OH is 1. The van der Waals surface area contributed by atoms with Crippen LogP contribution in [0.25, 0.3) is 0 Å². The minimum Gasteiger partial charge on any atom is -0.508 e. The number of hydrogen-bond acceptors (Lipinski definition) is 6. The van der Waals surface area contributed by atoms with Gasteiger partial charge in [-0.1, -0.05) is 0 Å². The van der Waals surface area contributed by atoms with Gasteiger partial charge in [-0.2, -0.15) is 0 Å². The topological polar surface area (TPSA) is 82.3 Å². The van der Waals surface area contributed by atoms with Crippen molar-refractivity contribution in [1.82, 2.24) is 4.57 Å². The van der Waals surface area contributed by atoms with E-state index in [9.17, 15) is 10.2 Å². The average molecular weight is 392 g/mol. The van der Waals surface area contributed by atoms with E-state index in [1.54, 1.807) is 19.2 Å². The van der Waals surface area contributed by atoms with Gasteiger partial charge in [0.05, 0.1) is 31.1 Å². The second-order valence-corrected chi connectivity index (χ2v) is 6.98. The monoisotopic (exact) mass is 392 g/mol. The molecule has 150 valence electrons. The van der Waals surface area contributed by atoms with Gasteiger partial charge < -0.3 is 29.7 Å². The van der Waals surface area contributed by atoms with Crippen LogP contribution in [0.3, 0.4) is 0 Å². The minimum absolute atomic E-state index is 0.00824. The molecule has 29 heavy (non-hydrogen) atoms. The van der Waals surface area contributed by atoms with E-state index in [0.29, 0.717) is 12.3 Å². The van der Waals surface area contributed by atoms with E-state index in [1.165, 1.54) is 0 Å². The first-order valence-electron chi connectivity index (χ1n) is 9.40. The zero-order valence-corrected chi connectivity index (χ0v) is 16.4.